The van der Waals surface area contributed by atoms with Crippen LogP contribution in [0.2, 0.25) is 0 Å². The number of anilines is 1. The molecule has 0 radical (unpaired) electrons. The second kappa shape index (κ2) is 9.15. The quantitative estimate of drug-likeness (QED) is 0.416. The van der Waals surface area contributed by atoms with E-state index < -0.39 is 0 Å². The third kappa shape index (κ3) is 4.60. The van der Waals surface area contributed by atoms with Gasteiger partial charge in [0, 0.05) is 53.3 Å². The van der Waals surface area contributed by atoms with Gasteiger partial charge in [-0.2, -0.15) is 0 Å². The van der Waals surface area contributed by atoms with Crippen molar-refractivity contribution in [1.29, 1.82) is 0 Å². The molecule has 3 heterocycles. The number of carbonyl (C=O) groups excluding carboxylic acids is 1. The number of likely N-dealkylation sites (N-methyl/N-ethyl adjacent to an activating group) is 1. The van der Waals surface area contributed by atoms with Crippen molar-refractivity contribution in [3.63, 3.8) is 0 Å². The normalized spacial score (nSPS) is 11.2. The first-order valence-electron chi connectivity index (χ1n) is 10.6. The number of H-pyrrole nitrogens is 1. The summed E-state index contributed by atoms with van der Waals surface area (Å²) in [5.74, 6) is 0.166. The van der Waals surface area contributed by atoms with Gasteiger partial charge in [0.1, 0.15) is 5.65 Å². The van der Waals surface area contributed by atoms with Crippen molar-refractivity contribution in [2.75, 3.05) is 32.9 Å². The van der Waals surface area contributed by atoms with E-state index in [1.807, 2.05) is 62.4 Å². The first kappa shape index (κ1) is 21.5. The highest BCUT2D eigenvalue weighted by Crippen LogP contribution is 2.31. The smallest absolute Gasteiger partial charge is 0.251 e. The number of pyridine rings is 1. The Balaban J connectivity index is 1.67. The molecule has 4 rings (SSSR count). The molecule has 4 N–H and O–H groups in total. The maximum absolute atomic E-state index is 12.5. The lowest BCUT2D eigenvalue weighted by atomic mass is 10.0. The van der Waals surface area contributed by atoms with Gasteiger partial charge in [-0.15, -0.1) is 0 Å². The van der Waals surface area contributed by atoms with E-state index in [1.54, 1.807) is 6.20 Å². The second-order valence-corrected chi connectivity index (χ2v) is 7.92. The first-order chi connectivity index (χ1) is 15.4. The summed E-state index contributed by atoms with van der Waals surface area (Å²) in [4.78, 5) is 31.0. The van der Waals surface area contributed by atoms with Crippen LogP contribution in [0.1, 0.15) is 23.0 Å². The standard InChI is InChI=1S/C24H27N7O/c1-4-18-12-21(30-24(25)29-18)20-14-28-22-19(20)11-17(13-27-22)15-6-5-7-16(10-15)23(32)26-8-9-31(2)3/h5-7,10-14H,4,8-9H2,1-3H3,(H,26,32)(H,27,28)(H2,25,29,30). The summed E-state index contributed by atoms with van der Waals surface area (Å²) in [6, 6.07) is 11.6. The molecule has 0 atom stereocenters. The minimum absolute atomic E-state index is 0.0892. The number of hydrogen-bond acceptors (Lipinski definition) is 6. The van der Waals surface area contributed by atoms with Gasteiger partial charge < -0.3 is 20.9 Å². The van der Waals surface area contributed by atoms with E-state index in [4.69, 9.17) is 5.73 Å². The van der Waals surface area contributed by atoms with Crippen LogP contribution in [0.3, 0.4) is 0 Å². The molecular weight excluding hydrogens is 402 g/mol. The summed E-state index contributed by atoms with van der Waals surface area (Å²) in [5.41, 5.74) is 11.7. The van der Waals surface area contributed by atoms with Gasteiger partial charge in [-0.25, -0.2) is 15.0 Å². The molecule has 0 fully saturated rings. The number of nitrogens with two attached hydrogens (primary N) is 1. The molecule has 4 aromatic rings. The molecule has 0 aliphatic rings. The lowest BCUT2D eigenvalue weighted by Gasteiger charge is -2.11. The van der Waals surface area contributed by atoms with E-state index >= 15 is 0 Å². The number of amides is 1. The molecule has 0 spiro atoms. The van der Waals surface area contributed by atoms with Crippen molar-refractivity contribution in [1.82, 2.24) is 30.2 Å². The van der Waals surface area contributed by atoms with E-state index in [1.165, 1.54) is 0 Å². The molecule has 0 aliphatic carbocycles. The van der Waals surface area contributed by atoms with Crippen molar-refractivity contribution in [3.8, 4) is 22.4 Å². The Hall–Kier alpha value is -3.78. The van der Waals surface area contributed by atoms with Gasteiger partial charge in [-0.1, -0.05) is 19.1 Å². The van der Waals surface area contributed by atoms with E-state index in [-0.39, 0.29) is 11.9 Å². The lowest BCUT2D eigenvalue weighted by Crippen LogP contribution is -2.31. The number of nitrogens with one attached hydrogen (secondary N) is 2. The summed E-state index contributed by atoms with van der Waals surface area (Å²) >= 11 is 0. The van der Waals surface area contributed by atoms with Crippen molar-refractivity contribution in [3.05, 3.63) is 60.0 Å². The number of nitrogens with zero attached hydrogens (tertiary/aromatic N) is 4. The van der Waals surface area contributed by atoms with Gasteiger partial charge >= 0.3 is 0 Å². The predicted octanol–water partition coefficient (Wildman–Crippen LogP) is 3.12. The fourth-order valence-corrected chi connectivity index (χ4v) is 3.55. The predicted molar refractivity (Wildman–Crippen MR) is 127 cm³/mol. The highest BCUT2D eigenvalue weighted by Gasteiger charge is 2.13. The van der Waals surface area contributed by atoms with Crippen LogP contribution in [0.15, 0.2) is 48.8 Å². The summed E-state index contributed by atoms with van der Waals surface area (Å²) in [6.07, 6.45) is 4.46. The third-order valence-corrected chi connectivity index (χ3v) is 5.27. The first-order valence-corrected chi connectivity index (χ1v) is 10.6. The molecule has 164 valence electrons. The van der Waals surface area contributed by atoms with Gasteiger partial charge in [0.05, 0.1) is 5.69 Å². The molecular formula is C24H27N7O. The maximum atomic E-state index is 12.5. The minimum Gasteiger partial charge on any atom is -0.368 e. The molecule has 8 heteroatoms. The highest BCUT2D eigenvalue weighted by atomic mass is 16.1. The minimum atomic E-state index is -0.0892. The summed E-state index contributed by atoms with van der Waals surface area (Å²) in [5, 5.41) is 3.89. The molecule has 0 aliphatic heterocycles. The maximum Gasteiger partial charge on any atom is 0.251 e. The Morgan fingerprint density at radius 2 is 2.00 bits per heavy atom. The van der Waals surface area contributed by atoms with Crippen LogP contribution in [-0.4, -0.2) is 57.9 Å². The molecule has 0 unspecified atom stereocenters. The van der Waals surface area contributed by atoms with E-state index in [0.717, 1.165) is 52.1 Å². The van der Waals surface area contributed by atoms with Gasteiger partial charge in [0.15, 0.2) is 0 Å². The van der Waals surface area contributed by atoms with Crippen molar-refractivity contribution >= 4 is 22.9 Å². The Bertz CT molecular complexity index is 1260. The van der Waals surface area contributed by atoms with Crippen LogP contribution in [0.4, 0.5) is 5.95 Å². The molecule has 1 aromatic carbocycles. The zero-order chi connectivity index (χ0) is 22.7. The number of aryl methyl sites for hydroxylation is 1. The fourth-order valence-electron chi connectivity index (χ4n) is 3.55. The largest absolute Gasteiger partial charge is 0.368 e. The number of aromatic amines is 1. The number of carbonyl (C=O) groups is 1. The number of fused-ring (bicyclic) bond motifs is 1. The molecule has 0 bridgehead atoms. The van der Waals surface area contributed by atoms with Crippen LogP contribution in [0.25, 0.3) is 33.4 Å². The van der Waals surface area contributed by atoms with Crippen molar-refractivity contribution in [2.45, 2.75) is 13.3 Å². The topological polar surface area (TPSA) is 113 Å². The number of nitrogen functional groups attached to an aromatic ring is 1. The zero-order valence-electron chi connectivity index (χ0n) is 18.5. The molecule has 3 aromatic heterocycles. The molecule has 0 saturated heterocycles. The van der Waals surface area contributed by atoms with Crippen LogP contribution in [0.5, 0.6) is 0 Å². The highest BCUT2D eigenvalue weighted by molar-refractivity contribution is 5.97. The van der Waals surface area contributed by atoms with Crippen molar-refractivity contribution < 1.29 is 4.79 Å². The number of benzene rings is 1. The zero-order valence-corrected chi connectivity index (χ0v) is 18.5. The number of aromatic nitrogens is 4. The van der Waals surface area contributed by atoms with E-state index in [0.29, 0.717) is 12.1 Å². The molecule has 32 heavy (non-hydrogen) atoms. The van der Waals surface area contributed by atoms with Crippen LogP contribution >= 0.6 is 0 Å². The summed E-state index contributed by atoms with van der Waals surface area (Å²) < 4.78 is 0. The Labute approximate surface area is 186 Å². The SMILES string of the molecule is CCc1cc(-c2c[nH]c3ncc(-c4cccc(C(=O)NCCN(C)C)c4)cc23)nc(N)n1. The molecule has 8 nitrogen and oxygen atoms in total. The number of hydrogen-bond donors (Lipinski definition) is 3. The Morgan fingerprint density at radius 3 is 2.78 bits per heavy atom. The van der Waals surface area contributed by atoms with Crippen molar-refractivity contribution in [2.24, 2.45) is 0 Å². The average molecular weight is 430 g/mol. The monoisotopic (exact) mass is 429 g/mol. The fraction of sp³-hybridized carbons (Fsp3) is 0.250. The van der Waals surface area contributed by atoms with Gasteiger partial charge in [0.2, 0.25) is 5.95 Å². The molecule has 0 saturated carbocycles. The van der Waals surface area contributed by atoms with Crippen LogP contribution in [0, 0.1) is 0 Å². The van der Waals surface area contributed by atoms with E-state index in [2.05, 4.69) is 31.3 Å². The molecule has 1 amide bonds. The van der Waals surface area contributed by atoms with Gasteiger partial charge in [0.25, 0.3) is 5.91 Å². The Morgan fingerprint density at radius 1 is 1.16 bits per heavy atom. The van der Waals surface area contributed by atoms with Crippen LogP contribution in [-0.2, 0) is 6.42 Å². The second-order valence-electron chi connectivity index (χ2n) is 7.92. The Kier molecular flexibility index (Phi) is 6.13. The van der Waals surface area contributed by atoms with E-state index in [9.17, 15) is 4.79 Å². The number of rotatable bonds is 7. The lowest BCUT2D eigenvalue weighted by molar-refractivity contribution is 0.0951. The average Bonchev–Trinajstić information content (AvgIpc) is 3.21. The van der Waals surface area contributed by atoms with Gasteiger partial charge in [-0.05, 0) is 50.3 Å². The summed E-state index contributed by atoms with van der Waals surface area (Å²) in [7, 11) is 3.95. The van der Waals surface area contributed by atoms with Gasteiger partial charge in [-0.3, -0.25) is 4.79 Å². The van der Waals surface area contributed by atoms with Crippen LogP contribution < -0.4 is 11.1 Å². The summed E-state index contributed by atoms with van der Waals surface area (Å²) in [6.45, 7) is 3.41. The third-order valence-electron chi connectivity index (χ3n) is 5.27.